The fraction of sp³-hybridized carbons (Fsp3) is 0.269. The predicted molar refractivity (Wildman–Crippen MR) is 117 cm³/mol. The molecule has 1 saturated carbocycles. The van der Waals surface area contributed by atoms with E-state index in [4.69, 9.17) is 4.74 Å². The van der Waals surface area contributed by atoms with Gasteiger partial charge >= 0.3 is 0 Å². The Balaban J connectivity index is 1.40. The summed E-state index contributed by atoms with van der Waals surface area (Å²) in [5, 5.41) is 3.26. The quantitative estimate of drug-likeness (QED) is 0.564. The topological polar surface area (TPSA) is 38.3 Å². The zero-order valence-corrected chi connectivity index (χ0v) is 17.0. The van der Waals surface area contributed by atoms with E-state index in [9.17, 15) is 4.79 Å². The van der Waals surface area contributed by atoms with E-state index in [0.29, 0.717) is 5.92 Å². The van der Waals surface area contributed by atoms with Crippen molar-refractivity contribution < 1.29 is 9.53 Å². The molecule has 29 heavy (non-hydrogen) atoms. The zero-order valence-electron chi connectivity index (χ0n) is 17.0. The summed E-state index contributed by atoms with van der Waals surface area (Å²) in [7, 11) is 1.67. The third kappa shape index (κ3) is 4.34. The van der Waals surface area contributed by atoms with Gasteiger partial charge in [-0.25, -0.2) is 0 Å². The number of amides is 1. The molecule has 1 aliphatic carbocycles. The molecule has 3 aromatic rings. The Bertz CT molecular complexity index is 948. The fourth-order valence-electron chi connectivity index (χ4n) is 3.94. The summed E-state index contributed by atoms with van der Waals surface area (Å²) in [6.07, 6.45) is 1.82. The number of carbonyl (C=O) groups is 1. The van der Waals surface area contributed by atoms with Crippen LogP contribution in [-0.4, -0.2) is 13.0 Å². The molecule has 148 valence electrons. The minimum Gasteiger partial charge on any atom is -0.497 e. The maximum Gasteiger partial charge on any atom is 0.224 e. The van der Waals surface area contributed by atoms with E-state index in [1.807, 2.05) is 30.3 Å². The normalized spacial score (nSPS) is 18.7. The Labute approximate surface area is 172 Å². The molecule has 4 rings (SSSR count). The first kappa shape index (κ1) is 19.3. The van der Waals surface area contributed by atoms with Crippen molar-refractivity contribution in [2.75, 3.05) is 7.11 Å². The van der Waals surface area contributed by atoms with Gasteiger partial charge in [0.25, 0.3) is 0 Å². The molecular formula is C26H27NO2. The summed E-state index contributed by atoms with van der Waals surface area (Å²) in [6.45, 7) is 2.11. The Hall–Kier alpha value is -3.07. The van der Waals surface area contributed by atoms with Crippen LogP contribution in [0, 0.1) is 5.92 Å². The summed E-state index contributed by atoms with van der Waals surface area (Å²) in [5.74, 6) is 1.49. The van der Waals surface area contributed by atoms with Crippen molar-refractivity contribution in [1.82, 2.24) is 5.32 Å². The largest absolute Gasteiger partial charge is 0.497 e. The smallest absolute Gasteiger partial charge is 0.224 e. The maximum absolute atomic E-state index is 12.8. The summed E-state index contributed by atoms with van der Waals surface area (Å²) in [6, 6.07) is 26.9. The lowest BCUT2D eigenvalue weighted by Gasteiger charge is -2.18. The maximum atomic E-state index is 12.8. The van der Waals surface area contributed by atoms with Crippen molar-refractivity contribution in [3.63, 3.8) is 0 Å². The Morgan fingerprint density at radius 1 is 0.966 bits per heavy atom. The van der Waals surface area contributed by atoms with Crippen molar-refractivity contribution in [1.29, 1.82) is 0 Å². The molecule has 1 N–H and O–H groups in total. The molecule has 1 aliphatic rings. The van der Waals surface area contributed by atoms with Gasteiger partial charge in [-0.3, -0.25) is 4.79 Å². The molecule has 0 aromatic heterocycles. The fourth-order valence-corrected chi connectivity index (χ4v) is 3.94. The molecule has 3 unspecified atom stereocenters. The standard InChI is InChI=1S/C26H27NO2/c1-3-25(27-26(28)24-17-23(24)20-7-5-4-6-8-20)21-11-9-18(10-12-21)19-13-15-22(29-2)16-14-19/h4-16,23-25H,3,17H2,1-2H3,(H,27,28). The van der Waals surface area contributed by atoms with Gasteiger partial charge in [-0.1, -0.05) is 73.7 Å². The van der Waals surface area contributed by atoms with Crippen LogP contribution < -0.4 is 10.1 Å². The monoisotopic (exact) mass is 385 g/mol. The van der Waals surface area contributed by atoms with Gasteiger partial charge in [-0.2, -0.15) is 0 Å². The second-order valence-corrected chi connectivity index (χ2v) is 7.68. The molecule has 3 atom stereocenters. The molecule has 0 saturated heterocycles. The lowest BCUT2D eigenvalue weighted by Crippen LogP contribution is -2.29. The molecule has 0 bridgehead atoms. The first-order valence-electron chi connectivity index (χ1n) is 10.3. The Morgan fingerprint density at radius 2 is 1.59 bits per heavy atom. The number of hydrogen-bond donors (Lipinski definition) is 1. The van der Waals surface area contributed by atoms with Crippen LogP contribution in [-0.2, 0) is 4.79 Å². The van der Waals surface area contributed by atoms with Crippen molar-refractivity contribution in [2.45, 2.75) is 31.7 Å². The molecule has 3 aromatic carbocycles. The molecule has 0 heterocycles. The van der Waals surface area contributed by atoms with Crippen LogP contribution in [0.3, 0.4) is 0 Å². The van der Waals surface area contributed by atoms with Gasteiger partial charge in [0.15, 0.2) is 0 Å². The lowest BCUT2D eigenvalue weighted by molar-refractivity contribution is -0.123. The minimum absolute atomic E-state index is 0.0458. The minimum atomic E-state index is 0.0458. The summed E-state index contributed by atoms with van der Waals surface area (Å²) in [5.41, 5.74) is 4.72. The van der Waals surface area contributed by atoms with Gasteiger partial charge in [-0.05, 0) is 53.1 Å². The highest BCUT2D eigenvalue weighted by Crippen LogP contribution is 2.47. The molecule has 1 fully saturated rings. The Kier molecular flexibility index (Phi) is 5.66. The van der Waals surface area contributed by atoms with Crippen LogP contribution in [0.25, 0.3) is 11.1 Å². The third-order valence-electron chi connectivity index (χ3n) is 5.82. The summed E-state index contributed by atoms with van der Waals surface area (Å²) < 4.78 is 5.23. The summed E-state index contributed by atoms with van der Waals surface area (Å²) in [4.78, 5) is 12.8. The predicted octanol–water partition coefficient (Wildman–Crippen LogP) is 5.73. The highest BCUT2D eigenvalue weighted by molar-refractivity contribution is 5.83. The average molecular weight is 386 g/mol. The van der Waals surface area contributed by atoms with Crippen LogP contribution >= 0.6 is 0 Å². The van der Waals surface area contributed by atoms with Crippen LogP contribution in [0.2, 0.25) is 0 Å². The molecule has 0 radical (unpaired) electrons. The average Bonchev–Trinajstić information content (AvgIpc) is 3.59. The van der Waals surface area contributed by atoms with E-state index >= 15 is 0 Å². The number of ether oxygens (including phenoxy) is 1. The number of nitrogens with one attached hydrogen (secondary N) is 1. The lowest BCUT2D eigenvalue weighted by atomic mass is 9.99. The number of rotatable bonds is 7. The number of carbonyl (C=O) groups excluding carboxylic acids is 1. The second kappa shape index (κ2) is 8.52. The molecule has 3 nitrogen and oxygen atoms in total. The SMILES string of the molecule is CCC(NC(=O)C1CC1c1ccccc1)c1ccc(-c2ccc(OC)cc2)cc1. The molecule has 1 amide bonds. The van der Waals surface area contributed by atoms with Gasteiger partial charge in [0.05, 0.1) is 13.2 Å². The molecule has 3 heteroatoms. The Morgan fingerprint density at radius 3 is 2.17 bits per heavy atom. The van der Waals surface area contributed by atoms with Crippen LogP contribution in [0.15, 0.2) is 78.9 Å². The number of benzene rings is 3. The van der Waals surface area contributed by atoms with Gasteiger partial charge in [0.2, 0.25) is 5.91 Å². The number of methoxy groups -OCH3 is 1. The van der Waals surface area contributed by atoms with E-state index < -0.39 is 0 Å². The van der Waals surface area contributed by atoms with E-state index in [2.05, 4.69) is 60.8 Å². The highest BCUT2D eigenvalue weighted by atomic mass is 16.5. The molecule has 0 aliphatic heterocycles. The van der Waals surface area contributed by atoms with Gasteiger partial charge in [0, 0.05) is 5.92 Å². The molecule has 0 spiro atoms. The van der Waals surface area contributed by atoms with E-state index in [-0.39, 0.29) is 17.9 Å². The van der Waals surface area contributed by atoms with Crippen molar-refractivity contribution in [3.05, 3.63) is 90.0 Å². The van der Waals surface area contributed by atoms with Gasteiger partial charge in [0.1, 0.15) is 5.75 Å². The van der Waals surface area contributed by atoms with Gasteiger partial charge < -0.3 is 10.1 Å². The summed E-state index contributed by atoms with van der Waals surface area (Å²) >= 11 is 0. The van der Waals surface area contributed by atoms with Crippen molar-refractivity contribution >= 4 is 5.91 Å². The molecular weight excluding hydrogens is 358 g/mol. The van der Waals surface area contributed by atoms with Gasteiger partial charge in [-0.15, -0.1) is 0 Å². The highest BCUT2D eigenvalue weighted by Gasteiger charge is 2.44. The van der Waals surface area contributed by atoms with Crippen LogP contribution in [0.5, 0.6) is 5.75 Å². The first-order chi connectivity index (χ1) is 14.2. The zero-order chi connectivity index (χ0) is 20.2. The van der Waals surface area contributed by atoms with Crippen LogP contribution in [0.1, 0.15) is 42.9 Å². The van der Waals surface area contributed by atoms with E-state index in [0.717, 1.165) is 35.3 Å². The van der Waals surface area contributed by atoms with Crippen LogP contribution in [0.4, 0.5) is 0 Å². The van der Waals surface area contributed by atoms with Crippen molar-refractivity contribution in [2.24, 2.45) is 5.92 Å². The number of hydrogen-bond acceptors (Lipinski definition) is 2. The second-order valence-electron chi connectivity index (χ2n) is 7.68. The van der Waals surface area contributed by atoms with E-state index in [1.54, 1.807) is 7.11 Å². The first-order valence-corrected chi connectivity index (χ1v) is 10.3. The third-order valence-corrected chi connectivity index (χ3v) is 5.82. The van der Waals surface area contributed by atoms with Crippen molar-refractivity contribution in [3.8, 4) is 16.9 Å². The van der Waals surface area contributed by atoms with E-state index in [1.165, 1.54) is 5.56 Å².